The Morgan fingerprint density at radius 3 is 2.70 bits per heavy atom. The van der Waals surface area contributed by atoms with Crippen molar-refractivity contribution in [3.63, 3.8) is 0 Å². The molecule has 0 saturated carbocycles. The first-order valence-corrected chi connectivity index (χ1v) is 9.40. The van der Waals surface area contributed by atoms with Gasteiger partial charge in [0.25, 0.3) is 0 Å². The third-order valence-corrected chi connectivity index (χ3v) is 5.51. The molecule has 2 aromatic carbocycles. The van der Waals surface area contributed by atoms with Crippen molar-refractivity contribution in [1.29, 1.82) is 0 Å². The fourth-order valence-corrected chi connectivity index (χ4v) is 3.93. The smallest absolute Gasteiger partial charge is 0.317 e. The van der Waals surface area contributed by atoms with E-state index in [0.29, 0.717) is 24.7 Å². The first-order valence-electron chi connectivity index (χ1n) is 9.40. The predicted octanol–water partition coefficient (Wildman–Crippen LogP) is 3.56. The van der Waals surface area contributed by atoms with Crippen LogP contribution in [0, 0.1) is 17.6 Å². The molecule has 4 nitrogen and oxygen atoms in total. The van der Waals surface area contributed by atoms with Gasteiger partial charge in [0.15, 0.2) is 11.6 Å². The number of fused-ring (bicyclic) bond motifs is 1. The maximum Gasteiger partial charge on any atom is 0.317 e. The van der Waals surface area contributed by atoms with Crippen molar-refractivity contribution in [2.45, 2.75) is 19.4 Å². The van der Waals surface area contributed by atoms with Crippen LogP contribution in [-0.4, -0.2) is 37.1 Å². The number of carbonyl (C=O) groups is 1. The lowest BCUT2D eigenvalue weighted by molar-refractivity contribution is 0.191. The number of nitrogens with one attached hydrogen (secondary N) is 1. The molecule has 0 bridgehead atoms. The summed E-state index contributed by atoms with van der Waals surface area (Å²) in [5, 5.41) is 3.04. The Bertz CT molecular complexity index is 842. The summed E-state index contributed by atoms with van der Waals surface area (Å²) in [5.41, 5.74) is 3.22. The van der Waals surface area contributed by atoms with Crippen LogP contribution in [0.3, 0.4) is 0 Å². The largest absolute Gasteiger partial charge is 0.371 e. The monoisotopic (exact) mass is 371 g/mol. The van der Waals surface area contributed by atoms with Crippen LogP contribution in [0.4, 0.5) is 19.3 Å². The second kappa shape index (κ2) is 7.55. The zero-order chi connectivity index (χ0) is 18.8. The third-order valence-electron chi connectivity index (χ3n) is 5.51. The van der Waals surface area contributed by atoms with E-state index in [1.165, 1.54) is 17.2 Å². The first-order chi connectivity index (χ1) is 13.1. The van der Waals surface area contributed by atoms with Gasteiger partial charge < -0.3 is 15.1 Å². The molecule has 1 atom stereocenters. The van der Waals surface area contributed by atoms with Crippen molar-refractivity contribution in [2.24, 2.45) is 5.92 Å². The topological polar surface area (TPSA) is 35.6 Å². The number of hydrogen-bond donors (Lipinski definition) is 1. The molecule has 2 aliphatic heterocycles. The number of anilines is 1. The van der Waals surface area contributed by atoms with Crippen LogP contribution in [-0.2, 0) is 13.0 Å². The van der Waals surface area contributed by atoms with Gasteiger partial charge in [-0.2, -0.15) is 0 Å². The maximum atomic E-state index is 13.4. The summed E-state index contributed by atoms with van der Waals surface area (Å²) in [6, 6.07) is 12.2. The summed E-state index contributed by atoms with van der Waals surface area (Å²) in [6.07, 6.45) is 1.80. The molecule has 2 heterocycles. The second-order valence-electron chi connectivity index (χ2n) is 7.33. The van der Waals surface area contributed by atoms with Crippen molar-refractivity contribution in [2.75, 3.05) is 31.1 Å². The van der Waals surface area contributed by atoms with Gasteiger partial charge in [-0.25, -0.2) is 13.6 Å². The predicted molar refractivity (Wildman–Crippen MR) is 101 cm³/mol. The van der Waals surface area contributed by atoms with Crippen LogP contribution in [0.2, 0.25) is 0 Å². The highest BCUT2D eigenvalue weighted by Crippen LogP contribution is 2.25. The Labute approximate surface area is 157 Å². The maximum absolute atomic E-state index is 13.4. The zero-order valence-electron chi connectivity index (χ0n) is 15.1. The number of halogens is 2. The van der Waals surface area contributed by atoms with E-state index in [-0.39, 0.29) is 6.03 Å². The van der Waals surface area contributed by atoms with Crippen LogP contribution in [0.1, 0.15) is 17.5 Å². The van der Waals surface area contributed by atoms with Gasteiger partial charge >= 0.3 is 6.03 Å². The van der Waals surface area contributed by atoms with Gasteiger partial charge in [-0.05, 0) is 42.0 Å². The molecule has 1 saturated heterocycles. The van der Waals surface area contributed by atoms with Gasteiger partial charge in [0.2, 0.25) is 0 Å². The van der Waals surface area contributed by atoms with E-state index in [4.69, 9.17) is 0 Å². The average molecular weight is 371 g/mol. The van der Waals surface area contributed by atoms with E-state index in [1.54, 1.807) is 6.07 Å². The standard InChI is InChI=1S/C21H23F2N3O/c22-19-6-5-18(11-20(19)23)25-9-7-15(13-25)12-24-21(27)26-10-8-16-3-1-2-4-17(16)14-26/h1-6,11,15H,7-10,12-14H2,(H,24,27)/t15-/m0/s1. The molecule has 0 spiro atoms. The Morgan fingerprint density at radius 2 is 1.89 bits per heavy atom. The van der Waals surface area contributed by atoms with E-state index in [2.05, 4.69) is 17.4 Å². The normalized spacial score (nSPS) is 19.1. The summed E-state index contributed by atoms with van der Waals surface area (Å²) >= 11 is 0. The Kier molecular flexibility index (Phi) is 4.97. The first kappa shape index (κ1) is 17.8. The lowest BCUT2D eigenvalue weighted by Crippen LogP contribution is -2.44. The molecule has 27 heavy (non-hydrogen) atoms. The molecule has 0 aromatic heterocycles. The number of benzene rings is 2. The zero-order valence-corrected chi connectivity index (χ0v) is 15.1. The number of urea groups is 1. The summed E-state index contributed by atoms with van der Waals surface area (Å²) in [5.74, 6) is -1.35. The van der Waals surface area contributed by atoms with Crippen LogP contribution in [0.5, 0.6) is 0 Å². The van der Waals surface area contributed by atoms with Crippen LogP contribution in [0.25, 0.3) is 0 Å². The fourth-order valence-electron chi connectivity index (χ4n) is 3.93. The van der Waals surface area contributed by atoms with Crippen molar-refractivity contribution in [3.8, 4) is 0 Å². The van der Waals surface area contributed by atoms with Crippen LogP contribution < -0.4 is 10.2 Å². The Balaban J connectivity index is 1.28. The number of hydrogen-bond acceptors (Lipinski definition) is 2. The van der Waals surface area contributed by atoms with E-state index in [1.807, 2.05) is 21.9 Å². The minimum absolute atomic E-state index is 0.0317. The highest BCUT2D eigenvalue weighted by molar-refractivity contribution is 5.74. The van der Waals surface area contributed by atoms with Crippen LogP contribution >= 0.6 is 0 Å². The van der Waals surface area contributed by atoms with E-state index in [0.717, 1.165) is 38.5 Å². The number of amides is 2. The fraction of sp³-hybridized carbons (Fsp3) is 0.381. The summed E-state index contributed by atoms with van der Waals surface area (Å²) in [6.45, 7) is 3.48. The number of rotatable bonds is 3. The van der Waals surface area contributed by atoms with Crippen molar-refractivity contribution < 1.29 is 13.6 Å². The van der Waals surface area contributed by atoms with Crippen LogP contribution in [0.15, 0.2) is 42.5 Å². The minimum Gasteiger partial charge on any atom is -0.371 e. The van der Waals surface area contributed by atoms with Gasteiger partial charge in [-0.1, -0.05) is 24.3 Å². The molecule has 2 aromatic rings. The second-order valence-corrected chi connectivity index (χ2v) is 7.33. The molecular weight excluding hydrogens is 348 g/mol. The molecule has 4 rings (SSSR count). The molecule has 1 N–H and O–H groups in total. The highest BCUT2D eigenvalue weighted by Gasteiger charge is 2.25. The van der Waals surface area contributed by atoms with E-state index >= 15 is 0 Å². The minimum atomic E-state index is -0.829. The lowest BCUT2D eigenvalue weighted by atomic mass is 10.0. The van der Waals surface area contributed by atoms with Gasteiger partial charge in [0.05, 0.1) is 0 Å². The van der Waals surface area contributed by atoms with Crippen molar-refractivity contribution >= 4 is 11.7 Å². The summed E-state index contributed by atoms with van der Waals surface area (Å²) < 4.78 is 26.5. The summed E-state index contributed by atoms with van der Waals surface area (Å²) in [4.78, 5) is 16.4. The molecule has 142 valence electrons. The Hall–Kier alpha value is -2.63. The summed E-state index contributed by atoms with van der Waals surface area (Å²) in [7, 11) is 0. The molecule has 1 fully saturated rings. The molecular formula is C21H23F2N3O. The molecule has 0 aliphatic carbocycles. The van der Waals surface area contributed by atoms with Gasteiger partial charge in [-0.15, -0.1) is 0 Å². The van der Waals surface area contributed by atoms with Crippen molar-refractivity contribution in [3.05, 3.63) is 65.2 Å². The SMILES string of the molecule is O=C(NC[C@@H]1CCN(c2ccc(F)c(F)c2)C1)N1CCc2ccccc2C1. The average Bonchev–Trinajstić information content (AvgIpc) is 3.17. The van der Waals surface area contributed by atoms with Crippen molar-refractivity contribution in [1.82, 2.24) is 10.2 Å². The molecule has 2 aliphatic rings. The molecule has 0 radical (unpaired) electrons. The number of carbonyl (C=O) groups excluding carboxylic acids is 1. The Morgan fingerprint density at radius 1 is 1.07 bits per heavy atom. The van der Waals surface area contributed by atoms with Gasteiger partial charge in [-0.3, -0.25) is 0 Å². The van der Waals surface area contributed by atoms with Gasteiger partial charge in [0.1, 0.15) is 0 Å². The third kappa shape index (κ3) is 3.89. The van der Waals surface area contributed by atoms with E-state index < -0.39 is 11.6 Å². The van der Waals surface area contributed by atoms with Gasteiger partial charge in [0, 0.05) is 44.5 Å². The van der Waals surface area contributed by atoms with E-state index in [9.17, 15) is 13.6 Å². The highest BCUT2D eigenvalue weighted by atomic mass is 19.2. The molecule has 2 amide bonds. The number of nitrogens with zero attached hydrogens (tertiary/aromatic N) is 2. The molecule has 6 heteroatoms. The quantitative estimate of drug-likeness (QED) is 0.896. The molecule has 0 unspecified atom stereocenters. The lowest BCUT2D eigenvalue weighted by Gasteiger charge is -2.29.